The van der Waals surface area contributed by atoms with E-state index in [1.54, 1.807) is 13.3 Å². The summed E-state index contributed by atoms with van der Waals surface area (Å²) in [7, 11) is 1.57. The lowest BCUT2D eigenvalue weighted by atomic mass is 10.4. The van der Waals surface area contributed by atoms with Crippen LogP contribution in [0.4, 0.5) is 4.39 Å². The van der Waals surface area contributed by atoms with Gasteiger partial charge in [-0.05, 0) is 13.3 Å². The number of rotatable bonds is 2. The van der Waals surface area contributed by atoms with Crippen LogP contribution in [-0.2, 0) is 0 Å². The summed E-state index contributed by atoms with van der Waals surface area (Å²) in [5.41, 5.74) is 1.63. The van der Waals surface area contributed by atoms with Crippen molar-refractivity contribution in [2.24, 2.45) is 0 Å². The number of methoxy groups -OCH3 is 1. The lowest BCUT2D eigenvalue weighted by Gasteiger charge is -2.05. The predicted molar refractivity (Wildman–Crippen MR) is 56.5 cm³/mol. The van der Waals surface area contributed by atoms with Gasteiger partial charge in [-0.3, -0.25) is 4.40 Å². The van der Waals surface area contributed by atoms with Crippen LogP contribution in [0.1, 0.15) is 23.9 Å². The van der Waals surface area contributed by atoms with Gasteiger partial charge in [0.05, 0.1) is 24.9 Å². The molecule has 0 aliphatic heterocycles. The summed E-state index contributed by atoms with van der Waals surface area (Å²) in [6.45, 7) is 1.88. The van der Waals surface area contributed by atoms with Crippen molar-refractivity contribution in [3.8, 4) is 5.88 Å². The average Bonchev–Trinajstić information content (AvgIpc) is 2.84. The maximum absolute atomic E-state index is 13.0. The molecule has 2 unspecified atom stereocenters. The zero-order valence-corrected chi connectivity index (χ0v) is 9.14. The Kier molecular flexibility index (Phi) is 1.89. The zero-order valence-electron chi connectivity index (χ0n) is 9.14. The van der Waals surface area contributed by atoms with Crippen molar-refractivity contribution in [3.05, 3.63) is 23.9 Å². The summed E-state index contributed by atoms with van der Waals surface area (Å²) in [4.78, 5) is 8.52. The van der Waals surface area contributed by atoms with Crippen molar-refractivity contribution in [3.63, 3.8) is 0 Å². The molecule has 0 saturated heterocycles. The Bertz CT molecular complexity index is 551. The van der Waals surface area contributed by atoms with Crippen molar-refractivity contribution in [2.45, 2.75) is 25.4 Å². The van der Waals surface area contributed by atoms with Crippen molar-refractivity contribution >= 4 is 5.52 Å². The summed E-state index contributed by atoms with van der Waals surface area (Å²) in [5, 5.41) is 0. The van der Waals surface area contributed by atoms with E-state index in [1.807, 2.05) is 17.5 Å². The number of halogens is 1. The lowest BCUT2D eigenvalue weighted by Crippen LogP contribution is -1.99. The SMILES string of the molecule is COc1nc(C)cn2c(C3CC3F)ncc12. The zero-order chi connectivity index (χ0) is 11.3. The van der Waals surface area contributed by atoms with Gasteiger partial charge in [0.1, 0.15) is 17.5 Å². The predicted octanol–water partition coefficient (Wildman–Crippen LogP) is 1.87. The van der Waals surface area contributed by atoms with Gasteiger partial charge in [0.25, 0.3) is 0 Å². The van der Waals surface area contributed by atoms with Gasteiger partial charge in [-0.1, -0.05) is 0 Å². The van der Waals surface area contributed by atoms with Crippen LogP contribution in [0.15, 0.2) is 12.4 Å². The molecule has 84 valence electrons. The van der Waals surface area contributed by atoms with E-state index in [0.29, 0.717) is 12.3 Å². The summed E-state index contributed by atoms with van der Waals surface area (Å²) in [5.74, 6) is 1.25. The number of hydrogen-bond acceptors (Lipinski definition) is 3. The Hall–Kier alpha value is -1.65. The monoisotopic (exact) mass is 221 g/mol. The fraction of sp³-hybridized carbons (Fsp3) is 0.455. The van der Waals surface area contributed by atoms with Crippen LogP contribution in [0.2, 0.25) is 0 Å². The summed E-state index contributed by atoms with van der Waals surface area (Å²) in [6.07, 6.45) is 3.38. The minimum atomic E-state index is -0.745. The number of aromatic nitrogens is 3. The van der Waals surface area contributed by atoms with E-state index in [0.717, 1.165) is 17.0 Å². The molecule has 0 bridgehead atoms. The third-order valence-electron chi connectivity index (χ3n) is 2.88. The standard InChI is InChI=1S/C11H12FN3O/c1-6-5-15-9(11(14-6)16-2)4-13-10(15)7-3-8(7)12/h4-5,7-8H,3H2,1-2H3. The molecule has 5 heteroatoms. The van der Waals surface area contributed by atoms with E-state index >= 15 is 0 Å². The normalized spacial score (nSPS) is 23.7. The van der Waals surface area contributed by atoms with E-state index in [-0.39, 0.29) is 5.92 Å². The molecule has 0 spiro atoms. The van der Waals surface area contributed by atoms with Crippen molar-refractivity contribution in [2.75, 3.05) is 7.11 Å². The first-order chi connectivity index (χ1) is 7.70. The van der Waals surface area contributed by atoms with Gasteiger partial charge < -0.3 is 4.74 Å². The molecule has 2 aromatic rings. The van der Waals surface area contributed by atoms with E-state index in [4.69, 9.17) is 4.74 Å². The molecule has 1 saturated carbocycles. The number of nitrogens with zero attached hydrogens (tertiary/aromatic N) is 3. The van der Waals surface area contributed by atoms with Gasteiger partial charge in [-0.15, -0.1) is 0 Å². The molecule has 16 heavy (non-hydrogen) atoms. The molecule has 0 radical (unpaired) electrons. The van der Waals surface area contributed by atoms with Gasteiger partial charge in [0.15, 0.2) is 0 Å². The molecule has 2 heterocycles. The van der Waals surface area contributed by atoms with Gasteiger partial charge in [0.2, 0.25) is 5.88 Å². The van der Waals surface area contributed by atoms with Crippen LogP contribution in [0.25, 0.3) is 5.52 Å². The molecule has 2 atom stereocenters. The molecule has 4 nitrogen and oxygen atoms in total. The quantitative estimate of drug-likeness (QED) is 0.777. The molecular weight excluding hydrogens is 209 g/mol. The molecule has 1 aliphatic carbocycles. The number of fused-ring (bicyclic) bond motifs is 1. The largest absolute Gasteiger partial charge is 0.479 e. The second-order valence-corrected chi connectivity index (χ2v) is 4.12. The molecule has 0 N–H and O–H groups in total. The maximum Gasteiger partial charge on any atom is 0.239 e. The second kappa shape index (κ2) is 3.17. The summed E-state index contributed by atoms with van der Waals surface area (Å²) in [6, 6.07) is 0. The highest BCUT2D eigenvalue weighted by atomic mass is 19.1. The first-order valence-electron chi connectivity index (χ1n) is 5.23. The second-order valence-electron chi connectivity index (χ2n) is 4.12. The topological polar surface area (TPSA) is 39.4 Å². The minimum Gasteiger partial charge on any atom is -0.479 e. The maximum atomic E-state index is 13.0. The van der Waals surface area contributed by atoms with Crippen LogP contribution in [0.3, 0.4) is 0 Å². The lowest BCUT2D eigenvalue weighted by molar-refractivity contribution is 0.400. The third-order valence-corrected chi connectivity index (χ3v) is 2.88. The highest BCUT2D eigenvalue weighted by Gasteiger charge is 2.42. The molecular formula is C11H12FN3O. The number of ether oxygens (including phenoxy) is 1. The molecule has 0 aromatic carbocycles. The van der Waals surface area contributed by atoms with E-state index in [1.165, 1.54) is 0 Å². The molecule has 3 rings (SSSR count). The number of aryl methyl sites for hydroxylation is 1. The Morgan fingerprint density at radius 1 is 1.56 bits per heavy atom. The van der Waals surface area contributed by atoms with E-state index < -0.39 is 6.17 Å². The Labute approximate surface area is 92.1 Å². The van der Waals surface area contributed by atoms with E-state index in [9.17, 15) is 4.39 Å². The Morgan fingerprint density at radius 3 is 2.94 bits per heavy atom. The van der Waals surface area contributed by atoms with Gasteiger partial charge in [0, 0.05) is 6.20 Å². The van der Waals surface area contributed by atoms with E-state index in [2.05, 4.69) is 9.97 Å². The fourth-order valence-electron chi connectivity index (χ4n) is 1.96. The van der Waals surface area contributed by atoms with Crippen LogP contribution >= 0.6 is 0 Å². The van der Waals surface area contributed by atoms with Gasteiger partial charge in [-0.25, -0.2) is 14.4 Å². The fourth-order valence-corrected chi connectivity index (χ4v) is 1.96. The first kappa shape index (κ1) is 9.57. The number of imidazole rings is 1. The van der Waals surface area contributed by atoms with Gasteiger partial charge >= 0.3 is 0 Å². The number of alkyl halides is 1. The van der Waals surface area contributed by atoms with Crippen LogP contribution in [0, 0.1) is 6.92 Å². The van der Waals surface area contributed by atoms with Gasteiger partial charge in [-0.2, -0.15) is 0 Å². The molecule has 1 aliphatic rings. The Balaban J connectivity index is 2.21. The summed E-state index contributed by atoms with van der Waals surface area (Å²) < 4.78 is 20.1. The molecule has 1 fully saturated rings. The molecule has 2 aromatic heterocycles. The van der Waals surface area contributed by atoms with Crippen LogP contribution in [-0.4, -0.2) is 27.7 Å². The highest BCUT2D eigenvalue weighted by molar-refractivity contribution is 5.56. The smallest absolute Gasteiger partial charge is 0.239 e. The third kappa shape index (κ3) is 1.27. The van der Waals surface area contributed by atoms with Crippen molar-refractivity contribution < 1.29 is 9.13 Å². The van der Waals surface area contributed by atoms with Crippen molar-refractivity contribution in [1.82, 2.24) is 14.4 Å². The summed E-state index contributed by atoms with van der Waals surface area (Å²) >= 11 is 0. The van der Waals surface area contributed by atoms with Crippen molar-refractivity contribution in [1.29, 1.82) is 0 Å². The Morgan fingerprint density at radius 2 is 2.31 bits per heavy atom. The minimum absolute atomic E-state index is 0.0611. The first-order valence-corrected chi connectivity index (χ1v) is 5.23. The average molecular weight is 221 g/mol. The number of hydrogen-bond donors (Lipinski definition) is 0. The van der Waals surface area contributed by atoms with Crippen LogP contribution < -0.4 is 4.74 Å². The highest BCUT2D eigenvalue weighted by Crippen LogP contribution is 2.43. The van der Waals surface area contributed by atoms with Crippen LogP contribution in [0.5, 0.6) is 5.88 Å². The molecule has 0 amide bonds.